The molecule has 1 N–H and O–H groups in total. The van der Waals surface area contributed by atoms with Crippen LogP contribution in [0.2, 0.25) is 0 Å². The molecule has 0 spiro atoms. The summed E-state index contributed by atoms with van der Waals surface area (Å²) in [5, 5.41) is 2.92. The first-order valence-corrected chi connectivity index (χ1v) is 7.91. The van der Waals surface area contributed by atoms with Gasteiger partial charge in [0.1, 0.15) is 5.75 Å². The molecule has 0 saturated carbocycles. The number of methoxy groups -OCH3 is 1. The summed E-state index contributed by atoms with van der Waals surface area (Å²) in [7, 11) is 1.63. The van der Waals surface area contributed by atoms with Crippen LogP contribution < -0.4 is 10.1 Å². The molecule has 3 heteroatoms. The minimum Gasteiger partial charge on any atom is -0.496 e. The van der Waals surface area contributed by atoms with Gasteiger partial charge in [-0.2, -0.15) is 0 Å². The predicted octanol–water partition coefficient (Wildman–Crippen LogP) is 4.44. The average Bonchev–Trinajstić information content (AvgIpc) is 2.60. The van der Waals surface area contributed by atoms with Crippen molar-refractivity contribution in [2.45, 2.75) is 26.3 Å². The first-order chi connectivity index (χ1) is 11.2. The Kier molecular flexibility index (Phi) is 6.42. The van der Waals surface area contributed by atoms with Gasteiger partial charge in [-0.1, -0.05) is 55.8 Å². The number of carbonyl (C=O) groups is 1. The van der Waals surface area contributed by atoms with Gasteiger partial charge >= 0.3 is 0 Å². The maximum Gasteiger partial charge on any atom is 0.251 e. The van der Waals surface area contributed by atoms with Gasteiger partial charge in [0.25, 0.3) is 5.91 Å². The Morgan fingerprint density at radius 2 is 1.87 bits per heavy atom. The van der Waals surface area contributed by atoms with Crippen LogP contribution in [0.15, 0.2) is 54.6 Å². The molecule has 0 atom stereocenters. The van der Waals surface area contributed by atoms with E-state index in [0.29, 0.717) is 12.1 Å². The summed E-state index contributed by atoms with van der Waals surface area (Å²) in [6.45, 7) is 2.60. The quantitative estimate of drug-likeness (QED) is 0.821. The summed E-state index contributed by atoms with van der Waals surface area (Å²) < 4.78 is 5.29. The Balaban J connectivity index is 1.95. The van der Waals surface area contributed by atoms with E-state index in [9.17, 15) is 4.79 Å². The number of hydrogen-bond donors (Lipinski definition) is 1. The number of carbonyl (C=O) groups excluding carboxylic acids is 1. The van der Waals surface area contributed by atoms with Crippen LogP contribution in [0.25, 0.3) is 6.08 Å². The molecule has 0 aromatic heterocycles. The maximum atomic E-state index is 12.2. The zero-order chi connectivity index (χ0) is 16.5. The molecule has 2 aromatic carbocycles. The summed E-state index contributed by atoms with van der Waals surface area (Å²) >= 11 is 0. The van der Waals surface area contributed by atoms with Crippen LogP contribution in [0.5, 0.6) is 5.75 Å². The highest BCUT2D eigenvalue weighted by Crippen LogP contribution is 2.17. The van der Waals surface area contributed by atoms with E-state index in [1.807, 2.05) is 48.5 Å². The van der Waals surface area contributed by atoms with Crippen molar-refractivity contribution in [3.8, 4) is 5.75 Å². The molecular formula is C20H23NO2. The standard InChI is InChI=1S/C20H23NO2/c1-3-4-5-8-16-11-13-17(14-12-16)20(22)21-15-18-9-6-7-10-19(18)23-2/h5-14H,3-4,15H2,1-2H3,(H,21,22). The van der Waals surface area contributed by atoms with Gasteiger partial charge in [-0.15, -0.1) is 0 Å². The lowest BCUT2D eigenvalue weighted by Crippen LogP contribution is -2.22. The van der Waals surface area contributed by atoms with Gasteiger partial charge in [0.2, 0.25) is 0 Å². The monoisotopic (exact) mass is 309 g/mol. The van der Waals surface area contributed by atoms with Crippen molar-refractivity contribution in [3.05, 3.63) is 71.3 Å². The van der Waals surface area contributed by atoms with E-state index in [0.717, 1.165) is 29.7 Å². The Hall–Kier alpha value is -2.55. The fraction of sp³-hybridized carbons (Fsp3) is 0.250. The van der Waals surface area contributed by atoms with Crippen LogP contribution in [0, 0.1) is 0 Å². The normalized spacial score (nSPS) is 10.7. The van der Waals surface area contributed by atoms with Gasteiger partial charge in [0.05, 0.1) is 7.11 Å². The van der Waals surface area contributed by atoms with Gasteiger partial charge in [-0.3, -0.25) is 4.79 Å². The van der Waals surface area contributed by atoms with Crippen LogP contribution >= 0.6 is 0 Å². The molecule has 0 unspecified atom stereocenters. The molecule has 120 valence electrons. The third kappa shape index (κ3) is 4.99. The summed E-state index contributed by atoms with van der Waals surface area (Å²) in [5.74, 6) is 0.698. The van der Waals surface area contributed by atoms with Crippen LogP contribution in [-0.4, -0.2) is 13.0 Å². The predicted molar refractivity (Wildman–Crippen MR) is 94.5 cm³/mol. The molecule has 23 heavy (non-hydrogen) atoms. The lowest BCUT2D eigenvalue weighted by Gasteiger charge is -2.09. The molecule has 0 heterocycles. The number of ether oxygens (including phenoxy) is 1. The second kappa shape index (κ2) is 8.79. The molecular weight excluding hydrogens is 286 g/mol. The lowest BCUT2D eigenvalue weighted by atomic mass is 10.1. The first-order valence-electron chi connectivity index (χ1n) is 7.91. The topological polar surface area (TPSA) is 38.3 Å². The summed E-state index contributed by atoms with van der Waals surface area (Å²) in [6.07, 6.45) is 6.44. The van der Waals surface area contributed by atoms with E-state index < -0.39 is 0 Å². The van der Waals surface area contributed by atoms with E-state index >= 15 is 0 Å². The number of para-hydroxylation sites is 1. The van der Waals surface area contributed by atoms with Crippen molar-refractivity contribution in [1.29, 1.82) is 0 Å². The van der Waals surface area contributed by atoms with Gasteiger partial charge < -0.3 is 10.1 Å². The zero-order valence-electron chi connectivity index (χ0n) is 13.7. The second-order valence-electron chi connectivity index (χ2n) is 5.31. The molecule has 0 aliphatic carbocycles. The summed E-state index contributed by atoms with van der Waals surface area (Å²) in [6, 6.07) is 15.3. The number of nitrogens with one attached hydrogen (secondary N) is 1. The minimum absolute atomic E-state index is 0.0833. The second-order valence-corrected chi connectivity index (χ2v) is 5.31. The highest BCUT2D eigenvalue weighted by atomic mass is 16.5. The molecule has 1 amide bonds. The fourth-order valence-electron chi connectivity index (χ4n) is 2.26. The van der Waals surface area contributed by atoms with Crippen LogP contribution in [0.4, 0.5) is 0 Å². The number of benzene rings is 2. The van der Waals surface area contributed by atoms with E-state index in [2.05, 4.69) is 24.4 Å². The molecule has 0 bridgehead atoms. The number of unbranched alkanes of at least 4 members (excludes halogenated alkanes) is 1. The molecule has 2 aromatic rings. The summed E-state index contributed by atoms with van der Waals surface area (Å²) in [4.78, 5) is 12.2. The molecule has 0 aliphatic rings. The molecule has 0 saturated heterocycles. The van der Waals surface area contributed by atoms with E-state index in [-0.39, 0.29) is 5.91 Å². The Morgan fingerprint density at radius 3 is 2.57 bits per heavy atom. The van der Waals surface area contributed by atoms with Gasteiger partial charge in [-0.05, 0) is 30.2 Å². The average molecular weight is 309 g/mol. The highest BCUT2D eigenvalue weighted by molar-refractivity contribution is 5.94. The van der Waals surface area contributed by atoms with Crippen molar-refractivity contribution in [3.63, 3.8) is 0 Å². The van der Waals surface area contributed by atoms with Crippen molar-refractivity contribution in [2.24, 2.45) is 0 Å². The third-order valence-electron chi connectivity index (χ3n) is 3.57. The largest absolute Gasteiger partial charge is 0.496 e. The van der Waals surface area contributed by atoms with Crippen LogP contribution in [-0.2, 0) is 6.54 Å². The number of amides is 1. The Morgan fingerprint density at radius 1 is 1.13 bits per heavy atom. The SMILES string of the molecule is CCCC=Cc1ccc(C(=O)NCc2ccccc2OC)cc1. The highest BCUT2D eigenvalue weighted by Gasteiger charge is 2.07. The third-order valence-corrected chi connectivity index (χ3v) is 3.57. The van der Waals surface area contributed by atoms with Gasteiger partial charge in [0, 0.05) is 17.7 Å². The Labute approximate surface area is 138 Å². The van der Waals surface area contributed by atoms with Crippen molar-refractivity contribution in [1.82, 2.24) is 5.32 Å². The van der Waals surface area contributed by atoms with Crippen LogP contribution in [0.3, 0.4) is 0 Å². The minimum atomic E-state index is -0.0833. The zero-order valence-corrected chi connectivity index (χ0v) is 13.7. The van der Waals surface area contributed by atoms with Crippen LogP contribution in [0.1, 0.15) is 41.3 Å². The van der Waals surface area contributed by atoms with Crippen molar-refractivity contribution < 1.29 is 9.53 Å². The smallest absolute Gasteiger partial charge is 0.251 e. The van der Waals surface area contributed by atoms with E-state index in [1.54, 1.807) is 7.11 Å². The van der Waals surface area contributed by atoms with E-state index in [1.165, 1.54) is 0 Å². The van der Waals surface area contributed by atoms with Gasteiger partial charge in [-0.25, -0.2) is 0 Å². The molecule has 0 radical (unpaired) electrons. The Bertz CT molecular complexity index is 660. The molecule has 3 nitrogen and oxygen atoms in total. The fourth-order valence-corrected chi connectivity index (χ4v) is 2.26. The number of allylic oxidation sites excluding steroid dienone is 1. The van der Waals surface area contributed by atoms with Crippen molar-refractivity contribution >= 4 is 12.0 Å². The lowest BCUT2D eigenvalue weighted by molar-refractivity contribution is 0.0950. The summed E-state index contributed by atoms with van der Waals surface area (Å²) in [5.41, 5.74) is 2.73. The van der Waals surface area contributed by atoms with E-state index in [4.69, 9.17) is 4.74 Å². The van der Waals surface area contributed by atoms with Crippen molar-refractivity contribution in [2.75, 3.05) is 7.11 Å². The van der Waals surface area contributed by atoms with Gasteiger partial charge in [0.15, 0.2) is 0 Å². The first kappa shape index (κ1) is 16.8. The number of hydrogen-bond acceptors (Lipinski definition) is 2. The maximum absolute atomic E-state index is 12.2. The number of rotatable bonds is 7. The molecule has 0 fully saturated rings. The molecule has 2 rings (SSSR count). The molecule has 0 aliphatic heterocycles.